The SMILES string of the molecule is CC(C)c1noc(C2CCCN2Cc2nc3ccccc3n2C)n1. The molecule has 1 aromatic carbocycles. The summed E-state index contributed by atoms with van der Waals surface area (Å²) in [5.74, 6) is 2.90. The molecular formula is C18H23N5O. The molecule has 0 bridgehead atoms. The molecule has 0 amide bonds. The van der Waals surface area contributed by atoms with Crippen LogP contribution in [0.2, 0.25) is 0 Å². The zero-order valence-electron chi connectivity index (χ0n) is 14.4. The van der Waals surface area contributed by atoms with Crippen molar-refractivity contribution < 1.29 is 4.52 Å². The van der Waals surface area contributed by atoms with E-state index in [0.717, 1.165) is 49.0 Å². The lowest BCUT2D eigenvalue weighted by Gasteiger charge is -2.21. The van der Waals surface area contributed by atoms with E-state index in [4.69, 9.17) is 9.51 Å². The molecule has 24 heavy (non-hydrogen) atoms. The van der Waals surface area contributed by atoms with E-state index in [-0.39, 0.29) is 12.0 Å². The molecular weight excluding hydrogens is 302 g/mol. The molecule has 3 aromatic rings. The first-order valence-electron chi connectivity index (χ1n) is 8.61. The lowest BCUT2D eigenvalue weighted by molar-refractivity contribution is 0.195. The second-order valence-corrected chi connectivity index (χ2v) is 6.85. The number of hydrogen-bond acceptors (Lipinski definition) is 5. The predicted octanol–water partition coefficient (Wildman–Crippen LogP) is 3.42. The van der Waals surface area contributed by atoms with Gasteiger partial charge < -0.3 is 9.09 Å². The van der Waals surface area contributed by atoms with Crippen LogP contribution in [0.4, 0.5) is 0 Å². The Morgan fingerprint density at radius 2 is 2.08 bits per heavy atom. The fourth-order valence-electron chi connectivity index (χ4n) is 3.43. The first kappa shape index (κ1) is 15.3. The summed E-state index contributed by atoms with van der Waals surface area (Å²) in [5.41, 5.74) is 2.22. The average Bonchev–Trinajstić information content (AvgIpc) is 3.28. The van der Waals surface area contributed by atoms with Gasteiger partial charge in [-0.3, -0.25) is 4.90 Å². The van der Waals surface area contributed by atoms with Gasteiger partial charge in [-0.25, -0.2) is 4.98 Å². The number of hydrogen-bond donors (Lipinski definition) is 0. The van der Waals surface area contributed by atoms with Crippen LogP contribution < -0.4 is 0 Å². The van der Waals surface area contributed by atoms with Crippen LogP contribution in [0.15, 0.2) is 28.8 Å². The Bertz CT molecular complexity index is 850. The van der Waals surface area contributed by atoms with Gasteiger partial charge in [0.05, 0.1) is 23.6 Å². The molecule has 3 heterocycles. The molecule has 1 aliphatic rings. The van der Waals surface area contributed by atoms with Gasteiger partial charge in [-0.05, 0) is 31.5 Å². The molecule has 1 aliphatic heterocycles. The predicted molar refractivity (Wildman–Crippen MR) is 91.5 cm³/mol. The number of imidazole rings is 1. The maximum absolute atomic E-state index is 5.54. The van der Waals surface area contributed by atoms with Crippen LogP contribution in [0.5, 0.6) is 0 Å². The third-order valence-electron chi connectivity index (χ3n) is 4.85. The van der Waals surface area contributed by atoms with Crippen LogP contribution in [0.1, 0.15) is 56.2 Å². The smallest absolute Gasteiger partial charge is 0.244 e. The molecule has 1 unspecified atom stereocenters. The van der Waals surface area contributed by atoms with Crippen molar-refractivity contribution in [1.29, 1.82) is 0 Å². The Kier molecular flexibility index (Phi) is 3.84. The third-order valence-corrected chi connectivity index (χ3v) is 4.85. The second-order valence-electron chi connectivity index (χ2n) is 6.85. The molecule has 4 rings (SSSR count). The van der Waals surface area contributed by atoms with Crippen molar-refractivity contribution in [1.82, 2.24) is 24.6 Å². The number of para-hydroxylation sites is 2. The fraction of sp³-hybridized carbons (Fsp3) is 0.500. The van der Waals surface area contributed by atoms with Crippen LogP contribution in [-0.4, -0.2) is 31.1 Å². The zero-order valence-corrected chi connectivity index (χ0v) is 14.4. The monoisotopic (exact) mass is 325 g/mol. The molecule has 126 valence electrons. The summed E-state index contributed by atoms with van der Waals surface area (Å²) in [7, 11) is 2.08. The summed E-state index contributed by atoms with van der Waals surface area (Å²) < 4.78 is 7.72. The Morgan fingerprint density at radius 1 is 1.25 bits per heavy atom. The lowest BCUT2D eigenvalue weighted by atomic mass is 10.2. The fourth-order valence-corrected chi connectivity index (χ4v) is 3.43. The van der Waals surface area contributed by atoms with Gasteiger partial charge in [-0.15, -0.1) is 0 Å². The van der Waals surface area contributed by atoms with Crippen LogP contribution in [0.25, 0.3) is 11.0 Å². The maximum atomic E-state index is 5.54. The molecule has 1 atom stereocenters. The largest absolute Gasteiger partial charge is 0.338 e. The maximum Gasteiger partial charge on any atom is 0.244 e. The summed E-state index contributed by atoms with van der Waals surface area (Å²) in [6, 6.07) is 8.46. The quantitative estimate of drug-likeness (QED) is 0.735. The van der Waals surface area contributed by atoms with Gasteiger partial charge in [0.1, 0.15) is 5.82 Å². The van der Waals surface area contributed by atoms with Crippen LogP contribution >= 0.6 is 0 Å². The van der Waals surface area contributed by atoms with Crippen LogP contribution in [-0.2, 0) is 13.6 Å². The van der Waals surface area contributed by atoms with Crippen molar-refractivity contribution >= 4 is 11.0 Å². The van der Waals surface area contributed by atoms with Crippen molar-refractivity contribution in [2.45, 2.75) is 45.2 Å². The van der Waals surface area contributed by atoms with Gasteiger partial charge in [0, 0.05) is 13.0 Å². The highest BCUT2D eigenvalue weighted by molar-refractivity contribution is 5.75. The molecule has 6 nitrogen and oxygen atoms in total. The van der Waals surface area contributed by atoms with Gasteiger partial charge in [0.2, 0.25) is 5.89 Å². The van der Waals surface area contributed by atoms with E-state index >= 15 is 0 Å². The van der Waals surface area contributed by atoms with Gasteiger partial charge in [0.15, 0.2) is 5.82 Å². The summed E-state index contributed by atoms with van der Waals surface area (Å²) in [6.45, 7) is 6.00. The van der Waals surface area contributed by atoms with Gasteiger partial charge in [-0.2, -0.15) is 4.98 Å². The highest BCUT2D eigenvalue weighted by Gasteiger charge is 2.31. The van der Waals surface area contributed by atoms with Crippen molar-refractivity contribution in [3.8, 4) is 0 Å². The molecule has 1 saturated heterocycles. The minimum atomic E-state index is 0.199. The number of nitrogens with zero attached hydrogens (tertiary/aromatic N) is 5. The van der Waals surface area contributed by atoms with E-state index in [1.807, 2.05) is 6.07 Å². The minimum absolute atomic E-state index is 0.199. The van der Waals surface area contributed by atoms with Crippen molar-refractivity contribution in [3.05, 3.63) is 41.8 Å². The van der Waals surface area contributed by atoms with E-state index in [1.54, 1.807) is 0 Å². The number of fused-ring (bicyclic) bond motifs is 1. The molecule has 1 fully saturated rings. The Labute approximate surface area is 141 Å². The lowest BCUT2D eigenvalue weighted by Crippen LogP contribution is -2.24. The molecule has 0 aliphatic carbocycles. The average molecular weight is 325 g/mol. The third kappa shape index (κ3) is 2.60. The van der Waals surface area contributed by atoms with E-state index in [0.29, 0.717) is 0 Å². The number of likely N-dealkylation sites (tertiary alicyclic amines) is 1. The Balaban J connectivity index is 1.59. The molecule has 0 N–H and O–H groups in total. The van der Waals surface area contributed by atoms with Crippen molar-refractivity contribution in [2.75, 3.05) is 6.54 Å². The van der Waals surface area contributed by atoms with E-state index in [9.17, 15) is 0 Å². The molecule has 6 heteroatoms. The number of aromatic nitrogens is 4. The van der Waals surface area contributed by atoms with Crippen LogP contribution in [0.3, 0.4) is 0 Å². The Morgan fingerprint density at radius 3 is 2.83 bits per heavy atom. The highest BCUT2D eigenvalue weighted by Crippen LogP contribution is 2.33. The van der Waals surface area contributed by atoms with Crippen molar-refractivity contribution in [2.24, 2.45) is 7.05 Å². The molecule has 0 spiro atoms. The summed E-state index contributed by atoms with van der Waals surface area (Å²) in [5, 5.41) is 4.12. The molecule has 2 aromatic heterocycles. The molecule has 0 saturated carbocycles. The van der Waals surface area contributed by atoms with Gasteiger partial charge >= 0.3 is 0 Å². The first-order chi connectivity index (χ1) is 11.6. The highest BCUT2D eigenvalue weighted by atomic mass is 16.5. The Hall–Kier alpha value is -2.21. The normalized spacial score (nSPS) is 18.9. The minimum Gasteiger partial charge on any atom is -0.338 e. The topological polar surface area (TPSA) is 60.0 Å². The second kappa shape index (κ2) is 6.02. The standard InChI is InChI=1S/C18H23N5O/c1-12(2)17-20-18(24-21-17)15-9-6-10-23(15)11-16-19-13-7-4-5-8-14(13)22(16)3/h4-5,7-8,12,15H,6,9-11H2,1-3H3. The van der Waals surface area contributed by atoms with Gasteiger partial charge in [0.25, 0.3) is 0 Å². The van der Waals surface area contributed by atoms with E-state index in [2.05, 4.69) is 58.7 Å². The molecule has 0 radical (unpaired) electrons. The summed E-state index contributed by atoms with van der Waals surface area (Å²) >= 11 is 0. The summed E-state index contributed by atoms with van der Waals surface area (Å²) in [6.07, 6.45) is 2.21. The van der Waals surface area contributed by atoms with E-state index < -0.39 is 0 Å². The summed E-state index contributed by atoms with van der Waals surface area (Å²) in [4.78, 5) is 11.8. The number of rotatable bonds is 4. The van der Waals surface area contributed by atoms with Gasteiger partial charge in [-0.1, -0.05) is 31.1 Å². The van der Waals surface area contributed by atoms with Crippen molar-refractivity contribution in [3.63, 3.8) is 0 Å². The zero-order chi connectivity index (χ0) is 16.7. The van der Waals surface area contributed by atoms with Crippen LogP contribution in [0, 0.1) is 0 Å². The van der Waals surface area contributed by atoms with E-state index in [1.165, 1.54) is 5.52 Å². The number of benzene rings is 1. The first-order valence-corrected chi connectivity index (χ1v) is 8.61. The number of aryl methyl sites for hydroxylation is 1.